The summed E-state index contributed by atoms with van der Waals surface area (Å²) >= 11 is 13.0. The molecule has 0 N–H and O–H groups in total. The zero-order valence-corrected chi connectivity index (χ0v) is 20.8. The van der Waals surface area contributed by atoms with E-state index >= 15 is 4.39 Å². The lowest BCUT2D eigenvalue weighted by atomic mass is 9.91. The number of hydrogen-bond donors (Lipinski definition) is 0. The molecule has 1 aliphatic heterocycles. The number of hydrogen-bond acceptors (Lipinski definition) is 3. The first-order valence-corrected chi connectivity index (χ1v) is 12.6. The highest BCUT2D eigenvalue weighted by Gasteiger charge is 2.30. The zero-order valence-electron chi connectivity index (χ0n) is 19.3. The van der Waals surface area contributed by atoms with Crippen molar-refractivity contribution in [3.8, 4) is 0 Å². The zero-order chi connectivity index (χ0) is 24.9. The summed E-state index contributed by atoms with van der Waals surface area (Å²) in [5.74, 6) is -0.562. The fraction of sp³-hybridized carbons (Fsp3) is 0.370. The van der Waals surface area contributed by atoms with Crippen LogP contribution in [0, 0.1) is 11.7 Å². The minimum absolute atomic E-state index is 0.0335. The van der Waals surface area contributed by atoms with Crippen LogP contribution in [0.4, 0.5) is 4.39 Å². The summed E-state index contributed by atoms with van der Waals surface area (Å²) < 4.78 is 16.3. The fourth-order valence-corrected chi connectivity index (χ4v) is 5.64. The maximum Gasteiger partial charge on any atom is 0.265 e. The summed E-state index contributed by atoms with van der Waals surface area (Å²) in [6, 6.07) is 8.09. The summed E-state index contributed by atoms with van der Waals surface area (Å²) in [7, 11) is 0. The van der Waals surface area contributed by atoms with E-state index in [9.17, 15) is 14.4 Å². The van der Waals surface area contributed by atoms with Gasteiger partial charge < -0.3 is 9.69 Å². The van der Waals surface area contributed by atoms with Gasteiger partial charge in [0, 0.05) is 31.1 Å². The minimum Gasteiger partial charge on any atom is -0.339 e. The lowest BCUT2D eigenvalue weighted by molar-refractivity contribution is -0.118. The third kappa shape index (κ3) is 4.62. The van der Waals surface area contributed by atoms with Gasteiger partial charge in [-0.2, -0.15) is 0 Å². The number of nitrogens with zero attached hydrogens (tertiary/aromatic N) is 2. The lowest BCUT2D eigenvalue weighted by Crippen LogP contribution is -2.39. The Bertz CT molecular complexity index is 1350. The average molecular weight is 515 g/mol. The molecule has 1 aliphatic carbocycles. The summed E-state index contributed by atoms with van der Waals surface area (Å²) in [6.07, 6.45) is 5.59. The van der Waals surface area contributed by atoms with Gasteiger partial charge in [0.05, 0.1) is 26.7 Å². The third-order valence-electron chi connectivity index (χ3n) is 7.04. The van der Waals surface area contributed by atoms with E-state index in [2.05, 4.69) is 0 Å². The van der Waals surface area contributed by atoms with Crippen LogP contribution < -0.4 is 0 Å². The van der Waals surface area contributed by atoms with Crippen molar-refractivity contribution in [2.45, 2.75) is 44.9 Å². The summed E-state index contributed by atoms with van der Waals surface area (Å²) in [5, 5.41) is 0.678. The molecule has 5 rings (SSSR count). The van der Waals surface area contributed by atoms with Crippen molar-refractivity contribution >= 4 is 51.7 Å². The molecule has 5 nitrogen and oxygen atoms in total. The van der Waals surface area contributed by atoms with E-state index in [0.717, 1.165) is 31.2 Å². The molecular weight excluding hydrogens is 490 g/mol. The van der Waals surface area contributed by atoms with Crippen molar-refractivity contribution in [3.05, 3.63) is 69.1 Å². The number of Topliss-reactive ketones (excluding diaryl/α,β-unsaturated/α-hetero) is 1. The van der Waals surface area contributed by atoms with Gasteiger partial charge in [0.2, 0.25) is 0 Å². The van der Waals surface area contributed by atoms with E-state index in [-0.39, 0.29) is 44.3 Å². The molecule has 8 heteroatoms. The topological polar surface area (TPSA) is 59.4 Å². The number of ketones is 1. The van der Waals surface area contributed by atoms with Crippen LogP contribution in [0.3, 0.4) is 0 Å². The van der Waals surface area contributed by atoms with Gasteiger partial charge in [-0.25, -0.2) is 4.39 Å². The molecule has 0 radical (unpaired) electrons. The molecule has 0 spiro atoms. The van der Waals surface area contributed by atoms with Crippen LogP contribution in [-0.2, 0) is 4.79 Å². The first-order chi connectivity index (χ1) is 16.7. The van der Waals surface area contributed by atoms with Crippen LogP contribution in [0.15, 0.2) is 36.5 Å². The van der Waals surface area contributed by atoms with E-state index in [4.69, 9.17) is 23.2 Å². The van der Waals surface area contributed by atoms with Crippen molar-refractivity contribution in [2.75, 3.05) is 13.1 Å². The number of likely N-dealkylation sites (tertiary alicyclic amines) is 1. The second-order valence-electron chi connectivity index (χ2n) is 9.63. The number of piperidine rings is 1. The van der Waals surface area contributed by atoms with E-state index in [0.29, 0.717) is 30.8 Å². The highest BCUT2D eigenvalue weighted by atomic mass is 35.5. The normalized spacial score (nSPS) is 16.6. The second kappa shape index (κ2) is 9.40. The van der Waals surface area contributed by atoms with E-state index < -0.39 is 11.7 Å². The maximum absolute atomic E-state index is 15.0. The van der Waals surface area contributed by atoms with Crippen molar-refractivity contribution in [1.82, 2.24) is 9.47 Å². The van der Waals surface area contributed by atoms with Crippen LogP contribution in [0.1, 0.15) is 71.2 Å². The van der Waals surface area contributed by atoms with Crippen molar-refractivity contribution < 1.29 is 18.8 Å². The molecule has 1 aromatic heterocycles. The molecule has 2 fully saturated rings. The van der Waals surface area contributed by atoms with Crippen LogP contribution in [0.2, 0.25) is 10.0 Å². The van der Waals surface area contributed by atoms with Gasteiger partial charge in [0.1, 0.15) is 11.6 Å². The SMILES string of the molecule is CC(=O)CC1CCN(C(=O)c2ccc(Cl)c(C(=O)n3ccc4cc(C5CC5)cc(F)c43)c2Cl)CC1. The molecule has 2 aliphatic rings. The fourth-order valence-electron chi connectivity index (χ4n) is 5.03. The Balaban J connectivity index is 1.44. The summed E-state index contributed by atoms with van der Waals surface area (Å²) in [5.41, 5.74) is 1.25. The predicted molar refractivity (Wildman–Crippen MR) is 134 cm³/mol. The molecule has 1 saturated carbocycles. The molecule has 0 atom stereocenters. The van der Waals surface area contributed by atoms with Gasteiger partial charge in [-0.1, -0.05) is 23.2 Å². The number of aromatic nitrogens is 1. The van der Waals surface area contributed by atoms with Gasteiger partial charge in [-0.15, -0.1) is 0 Å². The molecular formula is C27H25Cl2FN2O3. The van der Waals surface area contributed by atoms with Crippen LogP contribution in [0.25, 0.3) is 10.9 Å². The highest BCUT2D eigenvalue weighted by molar-refractivity contribution is 6.41. The molecule has 3 aromatic rings. The van der Waals surface area contributed by atoms with Crippen molar-refractivity contribution in [3.63, 3.8) is 0 Å². The number of carbonyl (C=O) groups excluding carboxylic acids is 3. The summed E-state index contributed by atoms with van der Waals surface area (Å²) in [4.78, 5) is 39.9. The number of fused-ring (bicyclic) bond motifs is 1. The largest absolute Gasteiger partial charge is 0.339 e. The van der Waals surface area contributed by atoms with E-state index in [1.807, 2.05) is 6.07 Å². The quantitative estimate of drug-likeness (QED) is 0.391. The van der Waals surface area contributed by atoms with Crippen LogP contribution in [-0.4, -0.2) is 40.2 Å². The number of rotatable bonds is 5. The van der Waals surface area contributed by atoms with Gasteiger partial charge in [-0.05, 0) is 80.3 Å². The Morgan fingerprint density at radius 2 is 1.71 bits per heavy atom. The van der Waals surface area contributed by atoms with E-state index in [1.54, 1.807) is 17.9 Å². The smallest absolute Gasteiger partial charge is 0.265 e. The third-order valence-corrected chi connectivity index (χ3v) is 7.75. The number of carbonyl (C=O) groups is 3. The number of amides is 1. The summed E-state index contributed by atoms with van der Waals surface area (Å²) in [6.45, 7) is 2.60. The Morgan fingerprint density at radius 1 is 1.00 bits per heavy atom. The van der Waals surface area contributed by atoms with Crippen molar-refractivity contribution in [1.29, 1.82) is 0 Å². The number of halogens is 3. The Hall–Kier alpha value is -2.70. The Kier molecular flexibility index (Phi) is 6.45. The Labute approximate surface area is 212 Å². The number of benzene rings is 2. The van der Waals surface area contributed by atoms with Crippen molar-refractivity contribution in [2.24, 2.45) is 5.92 Å². The molecule has 1 amide bonds. The van der Waals surface area contributed by atoms with Gasteiger partial charge in [-0.3, -0.25) is 14.2 Å². The first kappa shape index (κ1) is 24.0. The van der Waals surface area contributed by atoms with Gasteiger partial charge >= 0.3 is 0 Å². The maximum atomic E-state index is 15.0. The molecule has 0 bridgehead atoms. The highest BCUT2D eigenvalue weighted by Crippen LogP contribution is 2.42. The standard InChI is InChI=1S/C27H25Cl2FN2O3/c1-15(33)12-16-6-9-31(10-7-16)26(34)20-4-5-21(28)23(24(20)29)27(35)32-11-8-18-13-19(17-2-3-17)14-22(30)25(18)32/h4-5,8,11,13-14,16-17H,2-3,6-7,9-10,12H2,1H3. The molecule has 35 heavy (non-hydrogen) atoms. The molecule has 2 aromatic carbocycles. The van der Waals surface area contributed by atoms with Crippen LogP contribution >= 0.6 is 23.2 Å². The first-order valence-electron chi connectivity index (χ1n) is 11.9. The van der Waals surface area contributed by atoms with Gasteiger partial charge in [0.15, 0.2) is 0 Å². The molecule has 2 heterocycles. The molecule has 1 saturated heterocycles. The molecule has 0 unspecified atom stereocenters. The van der Waals surface area contributed by atoms with Gasteiger partial charge in [0.25, 0.3) is 11.8 Å². The minimum atomic E-state index is -0.595. The lowest BCUT2D eigenvalue weighted by Gasteiger charge is -2.32. The molecule has 182 valence electrons. The predicted octanol–water partition coefficient (Wildman–Crippen LogP) is 6.48. The Morgan fingerprint density at radius 3 is 2.37 bits per heavy atom. The second-order valence-corrected chi connectivity index (χ2v) is 10.4. The monoisotopic (exact) mass is 514 g/mol. The van der Waals surface area contributed by atoms with Crippen LogP contribution in [0.5, 0.6) is 0 Å². The van der Waals surface area contributed by atoms with E-state index in [1.165, 1.54) is 29.0 Å². The average Bonchev–Trinajstić information content (AvgIpc) is 3.58.